The Morgan fingerprint density at radius 3 is 2.84 bits per heavy atom. The van der Waals surface area contributed by atoms with Gasteiger partial charge in [0.1, 0.15) is 0 Å². The molecule has 4 heteroatoms. The number of halogens is 1. The van der Waals surface area contributed by atoms with E-state index in [1.54, 1.807) is 11.3 Å². The average Bonchev–Trinajstić information content (AvgIpc) is 3.16. The van der Waals surface area contributed by atoms with E-state index in [0.717, 1.165) is 17.3 Å². The van der Waals surface area contributed by atoms with Gasteiger partial charge in [-0.15, -0.1) is 11.3 Å². The molecule has 19 heavy (non-hydrogen) atoms. The van der Waals surface area contributed by atoms with E-state index in [-0.39, 0.29) is 0 Å². The van der Waals surface area contributed by atoms with Crippen LogP contribution in [-0.2, 0) is 12.8 Å². The summed E-state index contributed by atoms with van der Waals surface area (Å²) in [4.78, 5) is 5.89. The number of thiazole rings is 1. The van der Waals surface area contributed by atoms with Gasteiger partial charge in [-0.25, -0.2) is 4.98 Å². The van der Waals surface area contributed by atoms with E-state index in [9.17, 15) is 0 Å². The summed E-state index contributed by atoms with van der Waals surface area (Å²) in [6.07, 6.45) is 4.58. The first-order valence-corrected chi connectivity index (χ1v) is 8.30. The number of hydrogen-bond acceptors (Lipinski definition) is 3. The van der Waals surface area contributed by atoms with Crippen LogP contribution in [0.25, 0.3) is 0 Å². The van der Waals surface area contributed by atoms with Crippen LogP contribution in [0.1, 0.15) is 47.4 Å². The SMILES string of the molecule is CCc1cc(Br)ccc1Cc1sc(N)nc1C1CC1. The number of aromatic nitrogens is 1. The topological polar surface area (TPSA) is 38.9 Å². The van der Waals surface area contributed by atoms with Gasteiger partial charge in [-0.05, 0) is 42.5 Å². The minimum absolute atomic E-state index is 0.670. The molecule has 1 aromatic carbocycles. The Morgan fingerprint density at radius 1 is 1.37 bits per heavy atom. The van der Waals surface area contributed by atoms with Gasteiger partial charge in [-0.3, -0.25) is 0 Å². The molecule has 0 unspecified atom stereocenters. The van der Waals surface area contributed by atoms with Gasteiger partial charge in [-0.1, -0.05) is 28.9 Å². The van der Waals surface area contributed by atoms with E-state index in [4.69, 9.17) is 5.73 Å². The summed E-state index contributed by atoms with van der Waals surface area (Å²) in [5, 5.41) is 0.715. The molecule has 100 valence electrons. The van der Waals surface area contributed by atoms with Crippen LogP contribution in [0.2, 0.25) is 0 Å². The summed E-state index contributed by atoms with van der Waals surface area (Å²) in [7, 11) is 0. The molecule has 2 N–H and O–H groups in total. The number of nitrogens with zero attached hydrogens (tertiary/aromatic N) is 1. The van der Waals surface area contributed by atoms with Crippen molar-refractivity contribution in [1.82, 2.24) is 4.98 Å². The summed E-state index contributed by atoms with van der Waals surface area (Å²) in [6.45, 7) is 2.20. The highest BCUT2D eigenvalue weighted by Crippen LogP contribution is 2.43. The molecule has 0 bridgehead atoms. The molecular formula is C15H17BrN2S. The molecule has 1 aliphatic carbocycles. The Kier molecular flexibility index (Phi) is 3.63. The number of nitrogen functional groups attached to an aromatic ring is 1. The normalized spacial score (nSPS) is 14.8. The van der Waals surface area contributed by atoms with E-state index in [2.05, 4.69) is 46.0 Å². The van der Waals surface area contributed by atoms with Gasteiger partial charge < -0.3 is 5.73 Å². The van der Waals surface area contributed by atoms with Crippen molar-refractivity contribution in [2.24, 2.45) is 0 Å². The van der Waals surface area contributed by atoms with Gasteiger partial charge >= 0.3 is 0 Å². The number of benzene rings is 1. The Balaban J connectivity index is 1.92. The zero-order chi connectivity index (χ0) is 13.4. The molecule has 1 saturated carbocycles. The molecule has 0 radical (unpaired) electrons. The van der Waals surface area contributed by atoms with Crippen molar-refractivity contribution in [3.8, 4) is 0 Å². The van der Waals surface area contributed by atoms with Crippen LogP contribution in [0.4, 0.5) is 5.13 Å². The predicted molar refractivity (Wildman–Crippen MR) is 84.8 cm³/mol. The maximum absolute atomic E-state index is 5.89. The zero-order valence-electron chi connectivity index (χ0n) is 10.9. The molecule has 2 aromatic rings. The summed E-state index contributed by atoms with van der Waals surface area (Å²) in [5.41, 5.74) is 9.96. The van der Waals surface area contributed by atoms with E-state index in [1.165, 1.54) is 34.5 Å². The average molecular weight is 337 g/mol. The Labute approximate surface area is 126 Å². The Morgan fingerprint density at radius 2 is 2.16 bits per heavy atom. The van der Waals surface area contributed by atoms with E-state index in [1.807, 2.05) is 0 Å². The predicted octanol–water partition coefficient (Wildman–Crippen LogP) is 4.52. The van der Waals surface area contributed by atoms with Crippen LogP contribution >= 0.6 is 27.3 Å². The fourth-order valence-corrected chi connectivity index (χ4v) is 3.80. The first-order chi connectivity index (χ1) is 9.17. The molecule has 0 amide bonds. The van der Waals surface area contributed by atoms with Crippen molar-refractivity contribution < 1.29 is 0 Å². The van der Waals surface area contributed by atoms with Crippen molar-refractivity contribution in [2.75, 3.05) is 5.73 Å². The summed E-state index contributed by atoms with van der Waals surface area (Å²) in [6, 6.07) is 6.56. The van der Waals surface area contributed by atoms with Crippen LogP contribution < -0.4 is 5.73 Å². The third-order valence-corrected chi connectivity index (χ3v) is 5.00. The van der Waals surface area contributed by atoms with Crippen LogP contribution in [0, 0.1) is 0 Å². The van der Waals surface area contributed by atoms with Gasteiger partial charge in [0.2, 0.25) is 0 Å². The van der Waals surface area contributed by atoms with Gasteiger partial charge in [-0.2, -0.15) is 0 Å². The lowest BCUT2D eigenvalue weighted by molar-refractivity contribution is 0.996. The third kappa shape index (κ3) is 2.84. The van der Waals surface area contributed by atoms with Crippen LogP contribution in [0.5, 0.6) is 0 Å². The second-order valence-electron chi connectivity index (χ2n) is 5.08. The van der Waals surface area contributed by atoms with Crippen molar-refractivity contribution in [3.05, 3.63) is 44.4 Å². The van der Waals surface area contributed by atoms with Gasteiger partial charge in [0, 0.05) is 21.7 Å². The van der Waals surface area contributed by atoms with Crippen LogP contribution in [-0.4, -0.2) is 4.98 Å². The molecule has 2 nitrogen and oxygen atoms in total. The minimum atomic E-state index is 0.670. The second-order valence-corrected chi connectivity index (χ2v) is 7.11. The summed E-state index contributed by atoms with van der Waals surface area (Å²) in [5.74, 6) is 0.670. The highest BCUT2D eigenvalue weighted by atomic mass is 79.9. The van der Waals surface area contributed by atoms with Crippen LogP contribution in [0.3, 0.4) is 0 Å². The van der Waals surface area contributed by atoms with Gasteiger partial charge in [0.05, 0.1) is 5.69 Å². The molecule has 0 spiro atoms. The monoisotopic (exact) mass is 336 g/mol. The van der Waals surface area contributed by atoms with Gasteiger partial charge in [0.15, 0.2) is 5.13 Å². The summed E-state index contributed by atoms with van der Waals surface area (Å²) < 4.78 is 1.15. The second kappa shape index (κ2) is 5.25. The highest BCUT2D eigenvalue weighted by Gasteiger charge is 2.29. The number of hydrogen-bond donors (Lipinski definition) is 1. The number of rotatable bonds is 4. The lowest BCUT2D eigenvalue weighted by atomic mass is 10.0. The van der Waals surface area contributed by atoms with E-state index in [0.29, 0.717) is 11.0 Å². The minimum Gasteiger partial charge on any atom is -0.375 e. The maximum Gasteiger partial charge on any atom is 0.180 e. The third-order valence-electron chi connectivity index (χ3n) is 3.61. The zero-order valence-corrected chi connectivity index (χ0v) is 13.4. The van der Waals surface area contributed by atoms with Crippen LogP contribution in [0.15, 0.2) is 22.7 Å². The lowest BCUT2D eigenvalue weighted by Gasteiger charge is -2.08. The molecule has 0 aliphatic heterocycles. The van der Waals surface area contributed by atoms with Gasteiger partial charge in [0.25, 0.3) is 0 Å². The van der Waals surface area contributed by atoms with Crippen molar-refractivity contribution in [3.63, 3.8) is 0 Å². The highest BCUT2D eigenvalue weighted by molar-refractivity contribution is 9.10. The quantitative estimate of drug-likeness (QED) is 0.891. The fraction of sp³-hybridized carbons (Fsp3) is 0.400. The van der Waals surface area contributed by atoms with Crippen molar-refractivity contribution in [2.45, 2.75) is 38.5 Å². The summed E-state index contributed by atoms with van der Waals surface area (Å²) >= 11 is 5.20. The van der Waals surface area contributed by atoms with E-state index >= 15 is 0 Å². The molecule has 1 aliphatic rings. The largest absolute Gasteiger partial charge is 0.375 e. The number of anilines is 1. The smallest absolute Gasteiger partial charge is 0.180 e. The lowest BCUT2D eigenvalue weighted by Crippen LogP contribution is -1.96. The Hall–Kier alpha value is -0.870. The van der Waals surface area contributed by atoms with Crippen molar-refractivity contribution in [1.29, 1.82) is 0 Å². The number of aryl methyl sites for hydroxylation is 1. The molecule has 1 aromatic heterocycles. The van der Waals surface area contributed by atoms with Crippen molar-refractivity contribution >= 4 is 32.4 Å². The first kappa shape index (κ1) is 13.1. The van der Waals surface area contributed by atoms with E-state index < -0.39 is 0 Å². The standard InChI is InChI=1S/C15H17BrN2S/c1-2-9-7-12(16)6-5-11(9)8-13-14(10-3-4-10)18-15(17)19-13/h5-7,10H,2-4,8H2,1H3,(H2,17,18). The molecule has 1 heterocycles. The first-order valence-electron chi connectivity index (χ1n) is 6.69. The molecule has 0 saturated heterocycles. The Bertz CT molecular complexity index is 602. The molecule has 1 fully saturated rings. The maximum atomic E-state index is 5.89. The molecular weight excluding hydrogens is 320 g/mol. The molecule has 3 rings (SSSR count). The number of nitrogens with two attached hydrogens (primary N) is 1. The fourth-order valence-electron chi connectivity index (χ4n) is 2.45. The molecule has 0 atom stereocenters.